The number of benzene rings is 1. The number of oxime groups is 1. The topological polar surface area (TPSA) is 32.6 Å². The van der Waals surface area contributed by atoms with E-state index in [1.165, 1.54) is 18.2 Å². The van der Waals surface area contributed by atoms with Crippen molar-refractivity contribution in [1.82, 2.24) is 0 Å². The first-order valence-corrected chi connectivity index (χ1v) is 4.72. The van der Waals surface area contributed by atoms with Gasteiger partial charge in [0, 0.05) is 12.0 Å². The molecule has 0 aliphatic carbocycles. The fourth-order valence-corrected chi connectivity index (χ4v) is 1.22. The van der Waals surface area contributed by atoms with E-state index < -0.39 is 23.0 Å². The lowest BCUT2D eigenvalue weighted by molar-refractivity contribution is 0.318. The van der Waals surface area contributed by atoms with Crippen LogP contribution in [0.3, 0.4) is 0 Å². The van der Waals surface area contributed by atoms with Crippen LogP contribution in [0.1, 0.15) is 5.56 Å². The Morgan fingerprint density at radius 2 is 1.94 bits per heavy atom. The van der Waals surface area contributed by atoms with Crippen molar-refractivity contribution >= 4 is 5.71 Å². The molecular formula is C12H10F3NO. The van der Waals surface area contributed by atoms with Crippen LogP contribution >= 0.6 is 0 Å². The molecule has 1 N–H and O–H groups in total. The zero-order chi connectivity index (χ0) is 12.8. The van der Waals surface area contributed by atoms with Crippen molar-refractivity contribution in [2.75, 3.05) is 0 Å². The van der Waals surface area contributed by atoms with E-state index in [2.05, 4.69) is 11.7 Å². The van der Waals surface area contributed by atoms with Gasteiger partial charge in [0.05, 0.1) is 5.71 Å². The number of nitrogens with zero attached hydrogens (tertiary/aromatic N) is 1. The maximum atomic E-state index is 13.3. The Kier molecular flexibility index (Phi) is 4.51. The Morgan fingerprint density at radius 1 is 1.29 bits per heavy atom. The normalized spacial score (nSPS) is 12.1. The minimum Gasteiger partial charge on any atom is -0.411 e. The zero-order valence-electron chi connectivity index (χ0n) is 8.83. The third-order valence-corrected chi connectivity index (χ3v) is 2.05. The molecule has 2 nitrogen and oxygen atoms in total. The van der Waals surface area contributed by atoms with Crippen LogP contribution in [0.15, 0.2) is 42.1 Å². The number of allylic oxidation sites excluding steroid dienone is 3. The second-order valence-corrected chi connectivity index (χ2v) is 3.18. The summed E-state index contributed by atoms with van der Waals surface area (Å²) in [5.74, 6) is -3.32. The molecule has 1 aromatic rings. The van der Waals surface area contributed by atoms with E-state index in [1.807, 2.05) is 0 Å². The molecule has 0 radical (unpaired) electrons. The van der Waals surface area contributed by atoms with Gasteiger partial charge >= 0.3 is 0 Å². The van der Waals surface area contributed by atoms with E-state index in [0.29, 0.717) is 6.07 Å². The molecule has 17 heavy (non-hydrogen) atoms. The smallest absolute Gasteiger partial charge is 0.165 e. The molecule has 0 amide bonds. The minimum atomic E-state index is -1.28. The SMILES string of the molecule is C=C/C=C/C(Cc1c(F)ccc(F)c1F)=N\O. The Hall–Kier alpha value is -2.04. The molecule has 90 valence electrons. The third kappa shape index (κ3) is 3.21. The summed E-state index contributed by atoms with van der Waals surface area (Å²) >= 11 is 0. The fraction of sp³-hybridized carbons (Fsp3) is 0.0833. The summed E-state index contributed by atoms with van der Waals surface area (Å²) in [6.07, 6.45) is 3.81. The van der Waals surface area contributed by atoms with Gasteiger partial charge in [-0.3, -0.25) is 0 Å². The quantitative estimate of drug-likeness (QED) is 0.283. The summed E-state index contributed by atoms with van der Waals surface area (Å²) in [6, 6.07) is 1.52. The van der Waals surface area contributed by atoms with Crippen LogP contribution in [0, 0.1) is 17.5 Å². The van der Waals surface area contributed by atoms with Crippen molar-refractivity contribution in [1.29, 1.82) is 0 Å². The van der Waals surface area contributed by atoms with Gasteiger partial charge in [0.15, 0.2) is 11.6 Å². The van der Waals surface area contributed by atoms with Gasteiger partial charge in [0.25, 0.3) is 0 Å². The Labute approximate surface area is 96.4 Å². The van der Waals surface area contributed by atoms with Gasteiger partial charge in [-0.25, -0.2) is 13.2 Å². The van der Waals surface area contributed by atoms with Gasteiger partial charge in [0.1, 0.15) is 5.82 Å². The van der Waals surface area contributed by atoms with Gasteiger partial charge < -0.3 is 5.21 Å². The minimum absolute atomic E-state index is 0.00620. The largest absolute Gasteiger partial charge is 0.411 e. The maximum Gasteiger partial charge on any atom is 0.165 e. The van der Waals surface area contributed by atoms with Crippen molar-refractivity contribution in [3.63, 3.8) is 0 Å². The van der Waals surface area contributed by atoms with Gasteiger partial charge in [-0.1, -0.05) is 23.9 Å². The predicted octanol–water partition coefficient (Wildman–Crippen LogP) is 3.22. The van der Waals surface area contributed by atoms with Crippen LogP contribution in [0.25, 0.3) is 0 Å². The van der Waals surface area contributed by atoms with Crippen LogP contribution in [-0.2, 0) is 6.42 Å². The standard InChI is InChI=1S/C12H10F3NO/c1-2-3-4-8(16-17)7-9-10(13)5-6-11(14)12(9)15/h2-6,17H,1,7H2/b4-3+,16-8+. The number of hydrogen-bond acceptors (Lipinski definition) is 2. The van der Waals surface area contributed by atoms with Crippen molar-refractivity contribution in [2.45, 2.75) is 6.42 Å². The number of rotatable bonds is 4. The average Bonchev–Trinajstić information content (AvgIpc) is 2.33. The second-order valence-electron chi connectivity index (χ2n) is 3.18. The lowest BCUT2D eigenvalue weighted by Crippen LogP contribution is -2.06. The summed E-state index contributed by atoms with van der Waals surface area (Å²) in [5, 5.41) is 11.5. The van der Waals surface area contributed by atoms with E-state index in [-0.39, 0.29) is 12.1 Å². The summed E-state index contributed by atoms with van der Waals surface area (Å²) in [6.45, 7) is 3.39. The fourth-order valence-electron chi connectivity index (χ4n) is 1.22. The van der Waals surface area contributed by atoms with Crippen LogP contribution in [0.5, 0.6) is 0 Å². The number of halogens is 3. The predicted molar refractivity (Wildman–Crippen MR) is 58.6 cm³/mol. The first kappa shape index (κ1) is 13.0. The Bertz CT molecular complexity index is 481. The monoisotopic (exact) mass is 241 g/mol. The van der Waals surface area contributed by atoms with Gasteiger partial charge in [-0.15, -0.1) is 0 Å². The van der Waals surface area contributed by atoms with Crippen molar-refractivity contribution in [3.05, 3.63) is 60.0 Å². The van der Waals surface area contributed by atoms with Gasteiger partial charge in [-0.05, 0) is 18.2 Å². The lowest BCUT2D eigenvalue weighted by Gasteiger charge is -2.04. The molecule has 0 aliphatic rings. The Balaban J connectivity index is 3.06. The van der Waals surface area contributed by atoms with Gasteiger partial charge in [-0.2, -0.15) is 0 Å². The van der Waals surface area contributed by atoms with Crippen LogP contribution < -0.4 is 0 Å². The van der Waals surface area contributed by atoms with Gasteiger partial charge in [0.2, 0.25) is 0 Å². The summed E-state index contributed by atoms with van der Waals surface area (Å²) in [4.78, 5) is 0. The first-order valence-electron chi connectivity index (χ1n) is 4.72. The molecule has 0 spiro atoms. The summed E-state index contributed by atoms with van der Waals surface area (Å²) in [7, 11) is 0. The lowest BCUT2D eigenvalue weighted by atomic mass is 10.1. The van der Waals surface area contributed by atoms with Crippen molar-refractivity contribution < 1.29 is 18.4 Å². The molecule has 1 rings (SSSR count). The average molecular weight is 241 g/mol. The highest BCUT2D eigenvalue weighted by Gasteiger charge is 2.15. The van der Waals surface area contributed by atoms with E-state index in [0.717, 1.165) is 6.07 Å². The summed E-state index contributed by atoms with van der Waals surface area (Å²) < 4.78 is 39.4. The molecule has 0 unspecified atom stereocenters. The highest BCUT2D eigenvalue weighted by Crippen LogP contribution is 2.17. The van der Waals surface area contributed by atoms with E-state index in [1.54, 1.807) is 0 Å². The molecule has 0 bridgehead atoms. The van der Waals surface area contributed by atoms with Crippen LogP contribution in [-0.4, -0.2) is 10.9 Å². The molecule has 0 atom stereocenters. The van der Waals surface area contributed by atoms with Crippen LogP contribution in [0.4, 0.5) is 13.2 Å². The molecule has 1 aromatic carbocycles. The molecule has 0 fully saturated rings. The molecular weight excluding hydrogens is 231 g/mol. The molecule has 0 heterocycles. The molecule has 0 aliphatic heterocycles. The van der Waals surface area contributed by atoms with Crippen molar-refractivity contribution in [3.8, 4) is 0 Å². The maximum absolute atomic E-state index is 13.3. The Morgan fingerprint density at radius 3 is 2.53 bits per heavy atom. The van der Waals surface area contributed by atoms with E-state index in [4.69, 9.17) is 5.21 Å². The second kappa shape index (κ2) is 5.89. The first-order chi connectivity index (χ1) is 8.10. The molecule has 0 saturated carbocycles. The van der Waals surface area contributed by atoms with E-state index in [9.17, 15) is 13.2 Å². The highest BCUT2D eigenvalue weighted by molar-refractivity contribution is 5.96. The molecule has 0 saturated heterocycles. The van der Waals surface area contributed by atoms with Crippen LogP contribution in [0.2, 0.25) is 0 Å². The molecule has 0 aromatic heterocycles. The zero-order valence-corrected chi connectivity index (χ0v) is 8.83. The molecule has 5 heteroatoms. The van der Waals surface area contributed by atoms with Crippen molar-refractivity contribution in [2.24, 2.45) is 5.16 Å². The summed E-state index contributed by atoms with van der Waals surface area (Å²) in [5.41, 5.74) is -0.486. The third-order valence-electron chi connectivity index (χ3n) is 2.05. The highest BCUT2D eigenvalue weighted by atomic mass is 19.2. The number of hydrogen-bond donors (Lipinski definition) is 1. The van der Waals surface area contributed by atoms with E-state index >= 15 is 0 Å².